The van der Waals surface area contributed by atoms with Gasteiger partial charge in [-0.15, -0.1) is 0 Å². The van der Waals surface area contributed by atoms with Gasteiger partial charge in [-0.2, -0.15) is 0 Å². The maximum absolute atomic E-state index is 4.02. The lowest BCUT2D eigenvalue weighted by atomic mass is 10.1. The number of aromatic nitrogens is 1. The van der Waals surface area contributed by atoms with Crippen LogP contribution >= 0.6 is 0 Å². The number of pyridine rings is 1. The van der Waals surface area contributed by atoms with Gasteiger partial charge in [0.2, 0.25) is 0 Å². The van der Waals surface area contributed by atoms with E-state index >= 15 is 0 Å². The molecular weight excluding hydrogens is 148 g/mol. The van der Waals surface area contributed by atoms with Gasteiger partial charge in [0, 0.05) is 26.5 Å². The number of hydrogen-bond acceptors (Lipinski definition) is 2. The first-order valence-electron chi connectivity index (χ1n) is 3.95. The molecule has 0 N–H and O–H groups in total. The van der Waals surface area contributed by atoms with Crippen molar-refractivity contribution in [2.45, 2.75) is 6.92 Å². The molecule has 0 amide bonds. The van der Waals surface area contributed by atoms with Crippen LogP contribution in [0, 0.1) is 6.92 Å². The number of rotatable bonds is 2. The molecule has 0 atom stereocenters. The highest BCUT2D eigenvalue weighted by molar-refractivity contribution is 5.51. The van der Waals surface area contributed by atoms with Gasteiger partial charge in [-0.05, 0) is 36.4 Å². The van der Waals surface area contributed by atoms with Crippen LogP contribution in [0.1, 0.15) is 11.1 Å². The van der Waals surface area contributed by atoms with Crippen molar-refractivity contribution in [3.8, 4) is 0 Å². The molecule has 0 aromatic carbocycles. The van der Waals surface area contributed by atoms with Gasteiger partial charge in [-0.3, -0.25) is 4.98 Å². The summed E-state index contributed by atoms with van der Waals surface area (Å²) in [5.41, 5.74) is 2.43. The molecule has 0 fully saturated rings. The van der Waals surface area contributed by atoms with Gasteiger partial charge in [0.25, 0.3) is 0 Å². The third-order valence-corrected chi connectivity index (χ3v) is 1.62. The Morgan fingerprint density at radius 1 is 1.42 bits per heavy atom. The Labute approximate surface area is 73.5 Å². The molecule has 0 aliphatic rings. The van der Waals surface area contributed by atoms with Crippen LogP contribution < -0.4 is 0 Å². The zero-order valence-electron chi connectivity index (χ0n) is 7.78. The highest BCUT2D eigenvalue weighted by Gasteiger charge is 1.90. The van der Waals surface area contributed by atoms with E-state index in [1.807, 2.05) is 43.7 Å². The first-order chi connectivity index (χ1) is 5.70. The van der Waals surface area contributed by atoms with E-state index in [2.05, 4.69) is 18.0 Å². The number of hydrogen-bond donors (Lipinski definition) is 0. The minimum absolute atomic E-state index is 1.20. The molecule has 0 bridgehead atoms. The normalized spacial score (nSPS) is 10.6. The van der Waals surface area contributed by atoms with E-state index in [0.717, 1.165) is 0 Å². The van der Waals surface area contributed by atoms with Crippen molar-refractivity contribution < 1.29 is 0 Å². The third kappa shape index (κ3) is 2.38. The van der Waals surface area contributed by atoms with E-state index in [1.54, 1.807) is 0 Å². The van der Waals surface area contributed by atoms with Crippen LogP contribution in [0.25, 0.3) is 6.08 Å². The number of aryl methyl sites for hydroxylation is 1. The predicted molar refractivity (Wildman–Crippen MR) is 51.7 cm³/mol. The Kier molecular flexibility index (Phi) is 2.86. The molecule has 0 radical (unpaired) electrons. The van der Waals surface area contributed by atoms with Crippen LogP contribution in [0.4, 0.5) is 0 Å². The topological polar surface area (TPSA) is 16.1 Å². The molecule has 0 saturated carbocycles. The van der Waals surface area contributed by atoms with Crippen LogP contribution in [-0.2, 0) is 0 Å². The first kappa shape index (κ1) is 8.78. The van der Waals surface area contributed by atoms with Gasteiger partial charge in [0.05, 0.1) is 0 Å². The highest BCUT2D eigenvalue weighted by Crippen LogP contribution is 2.06. The van der Waals surface area contributed by atoms with Crippen molar-refractivity contribution in [2.24, 2.45) is 0 Å². The van der Waals surface area contributed by atoms with Crippen molar-refractivity contribution in [3.63, 3.8) is 0 Å². The molecule has 2 heteroatoms. The van der Waals surface area contributed by atoms with Gasteiger partial charge in [0.1, 0.15) is 0 Å². The Morgan fingerprint density at radius 3 is 2.75 bits per heavy atom. The first-order valence-corrected chi connectivity index (χ1v) is 3.95. The van der Waals surface area contributed by atoms with E-state index in [0.29, 0.717) is 0 Å². The second kappa shape index (κ2) is 3.90. The maximum Gasteiger partial charge on any atom is 0.0303 e. The van der Waals surface area contributed by atoms with Crippen molar-refractivity contribution in [1.29, 1.82) is 0 Å². The van der Waals surface area contributed by atoms with Crippen LogP contribution in [-0.4, -0.2) is 24.0 Å². The summed E-state index contributed by atoms with van der Waals surface area (Å²) < 4.78 is 0. The average Bonchev–Trinajstić information content (AvgIpc) is 2.03. The predicted octanol–water partition coefficient (Wildman–Crippen LogP) is 1.92. The molecule has 0 spiro atoms. The van der Waals surface area contributed by atoms with Gasteiger partial charge < -0.3 is 4.90 Å². The molecular formula is C10H14N2. The quantitative estimate of drug-likeness (QED) is 0.660. The van der Waals surface area contributed by atoms with Crippen LogP contribution in [0.2, 0.25) is 0 Å². The molecule has 0 aliphatic heterocycles. The van der Waals surface area contributed by atoms with E-state index in [1.165, 1.54) is 11.1 Å². The molecule has 64 valence electrons. The molecule has 0 unspecified atom stereocenters. The summed E-state index contributed by atoms with van der Waals surface area (Å²) in [6.07, 6.45) is 7.79. The Morgan fingerprint density at radius 2 is 2.17 bits per heavy atom. The standard InChI is InChI=1S/C10H14N2/c1-9-8-11-6-4-10(9)5-7-12(2)3/h4-8H,1-3H3/b7-5+. The van der Waals surface area contributed by atoms with Gasteiger partial charge >= 0.3 is 0 Å². The SMILES string of the molecule is Cc1cnccc1/C=C/N(C)C. The maximum atomic E-state index is 4.02. The van der Waals surface area contributed by atoms with Gasteiger partial charge in [-0.1, -0.05) is 0 Å². The van der Waals surface area contributed by atoms with Gasteiger partial charge in [0.15, 0.2) is 0 Å². The largest absolute Gasteiger partial charge is 0.383 e. The van der Waals surface area contributed by atoms with Crippen molar-refractivity contribution >= 4 is 6.08 Å². The second-order valence-corrected chi connectivity index (χ2v) is 3.01. The summed E-state index contributed by atoms with van der Waals surface area (Å²) in [4.78, 5) is 6.04. The molecule has 1 aromatic heterocycles. The van der Waals surface area contributed by atoms with Crippen molar-refractivity contribution in [2.75, 3.05) is 14.1 Å². The fraction of sp³-hybridized carbons (Fsp3) is 0.300. The summed E-state index contributed by atoms with van der Waals surface area (Å²) in [7, 11) is 4.01. The van der Waals surface area contributed by atoms with Gasteiger partial charge in [-0.25, -0.2) is 0 Å². The van der Waals surface area contributed by atoms with E-state index in [-0.39, 0.29) is 0 Å². The zero-order valence-corrected chi connectivity index (χ0v) is 7.78. The fourth-order valence-corrected chi connectivity index (χ4v) is 0.901. The average molecular weight is 162 g/mol. The van der Waals surface area contributed by atoms with Crippen LogP contribution in [0.5, 0.6) is 0 Å². The van der Waals surface area contributed by atoms with E-state index in [4.69, 9.17) is 0 Å². The number of nitrogens with zero attached hydrogens (tertiary/aromatic N) is 2. The lowest BCUT2D eigenvalue weighted by Gasteiger charge is -2.04. The minimum Gasteiger partial charge on any atom is -0.383 e. The summed E-state index contributed by atoms with van der Waals surface area (Å²) >= 11 is 0. The van der Waals surface area contributed by atoms with E-state index in [9.17, 15) is 0 Å². The van der Waals surface area contributed by atoms with Crippen molar-refractivity contribution in [1.82, 2.24) is 9.88 Å². The molecule has 1 rings (SSSR count). The minimum atomic E-state index is 1.20. The summed E-state index contributed by atoms with van der Waals surface area (Å²) in [5, 5.41) is 0. The lowest BCUT2D eigenvalue weighted by molar-refractivity contribution is 0.567. The van der Waals surface area contributed by atoms with Crippen LogP contribution in [0.3, 0.4) is 0 Å². The highest BCUT2D eigenvalue weighted by atomic mass is 15.0. The Hall–Kier alpha value is -1.31. The second-order valence-electron chi connectivity index (χ2n) is 3.01. The molecule has 1 aromatic rings. The summed E-state index contributed by atoms with van der Waals surface area (Å²) in [5.74, 6) is 0. The summed E-state index contributed by atoms with van der Waals surface area (Å²) in [6.45, 7) is 2.06. The lowest BCUT2D eigenvalue weighted by Crippen LogP contribution is -1.99. The van der Waals surface area contributed by atoms with Crippen LogP contribution in [0.15, 0.2) is 24.7 Å². The smallest absolute Gasteiger partial charge is 0.0303 e. The monoisotopic (exact) mass is 162 g/mol. The molecule has 2 nitrogen and oxygen atoms in total. The molecule has 1 heterocycles. The summed E-state index contributed by atoms with van der Waals surface area (Å²) in [6, 6.07) is 2.01. The molecule has 12 heavy (non-hydrogen) atoms. The van der Waals surface area contributed by atoms with E-state index < -0.39 is 0 Å². The molecule has 0 aliphatic carbocycles. The fourth-order valence-electron chi connectivity index (χ4n) is 0.901. The Balaban J connectivity index is 2.82. The zero-order chi connectivity index (χ0) is 8.97. The van der Waals surface area contributed by atoms with Crippen molar-refractivity contribution in [3.05, 3.63) is 35.8 Å². The molecule has 0 saturated heterocycles. The third-order valence-electron chi connectivity index (χ3n) is 1.62. The Bertz CT molecular complexity index is 277.